The Balaban J connectivity index is 1.54. The minimum atomic E-state index is -4.38. The third-order valence-electron chi connectivity index (χ3n) is 12.3. The van der Waals surface area contributed by atoms with E-state index in [1.807, 2.05) is 39.0 Å². The molecule has 5 amide bonds. The van der Waals surface area contributed by atoms with E-state index in [1.54, 1.807) is 13.1 Å². The van der Waals surface area contributed by atoms with Gasteiger partial charge in [-0.15, -0.1) is 0 Å². The molecule has 378 valence electrons. The number of thioether (sulfide) groups is 1. The number of carbonyl (C=O) groups is 4. The minimum absolute atomic E-state index is 0.0245. The van der Waals surface area contributed by atoms with Crippen molar-refractivity contribution < 1.29 is 47.6 Å². The zero-order valence-electron chi connectivity index (χ0n) is 41.2. The van der Waals surface area contributed by atoms with Crippen molar-refractivity contribution in [3.63, 3.8) is 0 Å². The van der Waals surface area contributed by atoms with E-state index in [0.717, 1.165) is 95.6 Å². The Bertz CT molecular complexity index is 1340. The molecule has 2 rings (SSSR count). The Kier molecular flexibility index (Phi) is 31.9. The lowest BCUT2D eigenvalue weighted by atomic mass is 10.0. The topological polar surface area (TPSA) is 202 Å². The zero-order valence-corrected chi connectivity index (χ0v) is 42.9. The van der Waals surface area contributed by atoms with Gasteiger partial charge in [0, 0.05) is 37.4 Å². The summed E-state index contributed by atoms with van der Waals surface area (Å²) < 4.78 is 11.0. The number of amides is 5. The second kappa shape index (κ2) is 35.1. The van der Waals surface area contributed by atoms with Crippen molar-refractivity contribution in [2.45, 2.75) is 203 Å². The Labute approximate surface area is 398 Å². The van der Waals surface area contributed by atoms with Gasteiger partial charge in [-0.05, 0) is 38.5 Å². The molecule has 15 nitrogen and oxygen atoms in total. The third-order valence-corrected chi connectivity index (χ3v) is 14.8. The predicted molar refractivity (Wildman–Crippen MR) is 263 cm³/mol. The Morgan fingerprint density at radius 2 is 1.43 bits per heavy atom. The number of allylic oxidation sites excluding steroid dienone is 1. The lowest BCUT2D eigenvalue weighted by Gasteiger charge is -2.27. The monoisotopic (exact) mass is 960 g/mol. The molecule has 2 unspecified atom stereocenters. The van der Waals surface area contributed by atoms with Crippen LogP contribution in [-0.2, 0) is 23.4 Å². The molecule has 0 aromatic heterocycles. The molecular formula is C48H92N6O9PS+. The van der Waals surface area contributed by atoms with Gasteiger partial charge in [0.25, 0.3) is 0 Å². The normalized spacial score (nSPS) is 19.1. The van der Waals surface area contributed by atoms with Crippen molar-refractivity contribution in [2.75, 3.05) is 66.8 Å². The van der Waals surface area contributed by atoms with Crippen LogP contribution in [0.15, 0.2) is 12.2 Å². The molecule has 2 heterocycles. The Hall–Kier alpha value is -2.04. The first-order chi connectivity index (χ1) is 31.1. The highest BCUT2D eigenvalue weighted by Crippen LogP contribution is 2.47. The number of nitrogens with zero attached hydrogens (tertiary/aromatic N) is 2. The molecule has 2 aliphatic rings. The van der Waals surface area contributed by atoms with Crippen LogP contribution in [0.3, 0.4) is 0 Å². The van der Waals surface area contributed by atoms with E-state index in [0.29, 0.717) is 42.1 Å². The molecule has 17 heteroatoms. The van der Waals surface area contributed by atoms with Gasteiger partial charge in [-0.25, -0.2) is 4.79 Å². The number of rotatable bonds is 41. The summed E-state index contributed by atoms with van der Waals surface area (Å²) in [4.78, 5) is 73.9. The molecule has 0 aromatic rings. The lowest BCUT2D eigenvalue weighted by Crippen LogP contribution is -2.46. The molecule has 0 saturated carbocycles. The molecule has 0 spiro atoms. The molecule has 2 aliphatic heterocycles. The third kappa shape index (κ3) is 30.1. The highest BCUT2D eigenvalue weighted by molar-refractivity contribution is 8.00. The fourth-order valence-electron chi connectivity index (χ4n) is 8.13. The van der Waals surface area contributed by atoms with Crippen molar-refractivity contribution in [3.8, 4) is 0 Å². The van der Waals surface area contributed by atoms with E-state index in [9.17, 15) is 34.1 Å². The van der Waals surface area contributed by atoms with Crippen molar-refractivity contribution in [3.05, 3.63) is 12.2 Å². The fourth-order valence-corrected chi connectivity index (χ4v) is 10.4. The average Bonchev–Trinajstić information content (AvgIpc) is 3.81. The molecule has 65 heavy (non-hydrogen) atoms. The summed E-state index contributed by atoms with van der Waals surface area (Å²) in [7, 11) is 3.15. The van der Waals surface area contributed by atoms with Gasteiger partial charge in [-0.1, -0.05) is 135 Å². The maximum Gasteiger partial charge on any atom is 0.377 e. The van der Waals surface area contributed by atoms with Gasteiger partial charge < -0.3 is 40.7 Å². The van der Waals surface area contributed by atoms with Crippen LogP contribution in [-0.4, -0.2) is 139 Å². The van der Waals surface area contributed by atoms with Crippen molar-refractivity contribution in [1.29, 1.82) is 0 Å². The summed E-state index contributed by atoms with van der Waals surface area (Å²) in [6.45, 7) is 3.09. The molecule has 2 fully saturated rings. The van der Waals surface area contributed by atoms with Crippen LogP contribution in [0, 0.1) is 0 Å². The van der Waals surface area contributed by atoms with E-state index in [1.165, 1.54) is 62.7 Å². The lowest BCUT2D eigenvalue weighted by molar-refractivity contribution is -0.870. The number of urea groups is 1. The van der Waals surface area contributed by atoms with Gasteiger partial charge in [0.1, 0.15) is 19.8 Å². The van der Waals surface area contributed by atoms with Gasteiger partial charge in [0.15, 0.2) is 0 Å². The largest absolute Gasteiger partial charge is 0.606 e. The molecule has 0 aromatic carbocycles. The summed E-state index contributed by atoms with van der Waals surface area (Å²) in [6, 6.07) is -0.583. The van der Waals surface area contributed by atoms with Crippen molar-refractivity contribution in [1.82, 2.24) is 26.2 Å². The molecule has 2 saturated heterocycles. The summed E-state index contributed by atoms with van der Waals surface area (Å²) in [5.41, 5.74) is 0. The number of fused-ring (bicyclic) bond motifs is 1. The van der Waals surface area contributed by atoms with Crippen LogP contribution in [0.5, 0.6) is 0 Å². The summed E-state index contributed by atoms with van der Waals surface area (Å²) in [6.07, 6.45) is 29.5. The number of hydrogen-bond acceptors (Lipinski definition) is 10. The standard InChI is InChI=1S/C48H91N6O9PS/c1-6-7-8-9-10-11-12-13-14-16-19-22-25-30-42(55)40(38-63-64(60,61)62-36-35-54(3,4)5)50-44(56)32-26-23-20-17-15-18-21-24-29-34-49-45(57)37-53(2)46(58)33-28-27-31-43-47-41(39-65-43)51-48(59)52-47/h25,30,40-43,47,55H,6-24,26-29,31-39H2,1-5H3,(H4-,49,50,51,52,56,57,59,60,61)/p+1/t40?,41-,42-,43+,47-/m1/s1. The SMILES string of the molecule is CCCCCCCCCCCCCC=C[C@@H](O)C(CO[P+]([O-])(O)OCC[N+](C)(C)C)NC(=O)CCCCCCCCCCCNC(=O)CN(C)C(=O)CCCC[C@@H]1SC[C@H]2NC(=O)N[C@@H]12. The van der Waals surface area contributed by atoms with Gasteiger partial charge in [0.2, 0.25) is 17.7 Å². The summed E-state index contributed by atoms with van der Waals surface area (Å²) >= 11 is 1.88. The first kappa shape index (κ1) is 59.1. The van der Waals surface area contributed by atoms with Gasteiger partial charge in [-0.3, -0.25) is 14.4 Å². The maximum atomic E-state index is 12.9. The van der Waals surface area contributed by atoms with Gasteiger partial charge >= 0.3 is 14.2 Å². The quantitative estimate of drug-likeness (QED) is 0.0121. The number of aliphatic hydroxyl groups is 1. The summed E-state index contributed by atoms with van der Waals surface area (Å²) in [5.74, 6) is 0.535. The smallest absolute Gasteiger partial charge is 0.377 e. The number of likely N-dealkylation sites (N-methyl/N-ethyl adjacent to an activating group) is 2. The first-order valence-corrected chi connectivity index (χ1v) is 27.9. The maximum absolute atomic E-state index is 12.9. The van der Waals surface area contributed by atoms with Crippen molar-refractivity contribution >= 4 is 43.7 Å². The molecule has 0 aliphatic carbocycles. The van der Waals surface area contributed by atoms with E-state index < -0.39 is 20.3 Å². The highest BCUT2D eigenvalue weighted by atomic mass is 32.2. The van der Waals surface area contributed by atoms with E-state index >= 15 is 0 Å². The number of nitrogens with one attached hydrogen (secondary N) is 4. The zero-order chi connectivity index (χ0) is 47.8. The molecule has 6 atom stereocenters. The molecular weight excluding hydrogens is 868 g/mol. The first-order valence-electron chi connectivity index (χ1n) is 25.4. The number of carbonyl (C=O) groups excluding carboxylic acids is 4. The predicted octanol–water partition coefficient (Wildman–Crippen LogP) is 7.06. The number of unbranched alkanes of at least 4 members (excludes halogenated alkanes) is 20. The van der Waals surface area contributed by atoms with Crippen molar-refractivity contribution in [2.24, 2.45) is 0 Å². The number of phosphoric acid groups is 1. The second-order valence-electron chi connectivity index (χ2n) is 19.4. The van der Waals surface area contributed by atoms with Crippen LogP contribution >= 0.6 is 19.9 Å². The van der Waals surface area contributed by atoms with Crippen LogP contribution in [0.4, 0.5) is 4.79 Å². The van der Waals surface area contributed by atoms with E-state index in [-0.39, 0.29) is 55.6 Å². The van der Waals surface area contributed by atoms with E-state index in [2.05, 4.69) is 28.2 Å². The fraction of sp³-hybridized carbons (Fsp3) is 0.875. The van der Waals surface area contributed by atoms with E-state index in [4.69, 9.17) is 9.05 Å². The highest BCUT2D eigenvalue weighted by Gasteiger charge is 2.42. The average molecular weight is 960 g/mol. The van der Waals surface area contributed by atoms with Crippen LogP contribution < -0.4 is 26.2 Å². The number of phosphoric ester groups is 1. The second-order valence-corrected chi connectivity index (χ2v) is 22.2. The number of quaternary nitrogens is 1. The Morgan fingerprint density at radius 3 is 2.06 bits per heavy atom. The van der Waals surface area contributed by atoms with Crippen LogP contribution in [0.2, 0.25) is 0 Å². The minimum Gasteiger partial charge on any atom is -0.606 e. The van der Waals surface area contributed by atoms with Crippen LogP contribution in [0.1, 0.15) is 174 Å². The summed E-state index contributed by atoms with van der Waals surface area (Å²) in [5, 5.41) is 23.1. The van der Waals surface area contributed by atoms with Gasteiger partial charge in [0.05, 0.1) is 51.9 Å². The molecule has 0 bridgehead atoms. The Morgan fingerprint density at radius 1 is 0.846 bits per heavy atom. The number of aliphatic hydroxyl groups excluding tert-OH is 1. The number of hydrogen-bond donors (Lipinski definition) is 6. The van der Waals surface area contributed by atoms with Crippen LogP contribution in [0.25, 0.3) is 0 Å². The molecule has 0 radical (unpaired) electrons. The molecule has 6 N–H and O–H groups in total. The van der Waals surface area contributed by atoms with Gasteiger partial charge in [-0.2, -0.15) is 25.7 Å².